The molecule has 3 aromatic rings. The fourth-order valence-corrected chi connectivity index (χ4v) is 5.62. The van der Waals surface area contributed by atoms with Crippen molar-refractivity contribution in [2.24, 2.45) is 0 Å². The summed E-state index contributed by atoms with van der Waals surface area (Å²) in [5.74, 6) is -0.517. The summed E-state index contributed by atoms with van der Waals surface area (Å²) < 4.78 is 26.4. The largest absolute Gasteiger partial charge is 0.350 e. The summed E-state index contributed by atoms with van der Waals surface area (Å²) in [6.45, 7) is 5.97. The number of nitrogens with one attached hydrogen (secondary N) is 1. The van der Waals surface area contributed by atoms with E-state index in [0.717, 1.165) is 17.4 Å². The third-order valence-electron chi connectivity index (χ3n) is 6.30. The van der Waals surface area contributed by atoms with Crippen molar-refractivity contribution in [3.63, 3.8) is 0 Å². The van der Waals surface area contributed by atoms with Gasteiger partial charge in [0.05, 0.1) is 11.9 Å². The van der Waals surface area contributed by atoms with Crippen LogP contribution < -0.4 is 9.62 Å². The molecule has 0 saturated carbocycles. The number of benzene rings is 3. The summed E-state index contributed by atoms with van der Waals surface area (Å²) in [6, 6.07) is 22.4. The maximum atomic E-state index is 13.9. The van der Waals surface area contributed by atoms with Gasteiger partial charge in [0.15, 0.2) is 0 Å². The van der Waals surface area contributed by atoms with Crippen molar-refractivity contribution in [1.29, 1.82) is 0 Å². The summed E-state index contributed by atoms with van der Waals surface area (Å²) in [5.41, 5.74) is 1.70. The highest BCUT2D eigenvalue weighted by Gasteiger charge is 2.32. The van der Waals surface area contributed by atoms with Crippen molar-refractivity contribution in [2.75, 3.05) is 17.1 Å². The molecule has 1 atom stereocenters. The Bertz CT molecular complexity index is 1410. The zero-order chi connectivity index (χ0) is 30.2. The third-order valence-corrected chi connectivity index (χ3v) is 8.00. The number of anilines is 1. The molecule has 0 spiro atoms. The van der Waals surface area contributed by atoms with Gasteiger partial charge in [-0.15, -0.1) is 0 Å². The van der Waals surface area contributed by atoms with Gasteiger partial charge in [-0.1, -0.05) is 65.7 Å². The van der Waals surface area contributed by atoms with Gasteiger partial charge in [-0.3, -0.25) is 13.9 Å². The molecular weight excluding hydrogens is 581 g/mol. The van der Waals surface area contributed by atoms with Crippen molar-refractivity contribution in [2.45, 2.75) is 58.2 Å². The van der Waals surface area contributed by atoms with Gasteiger partial charge in [0, 0.05) is 41.5 Å². The van der Waals surface area contributed by atoms with Crippen molar-refractivity contribution in [3.05, 3.63) is 100 Å². The van der Waals surface area contributed by atoms with Gasteiger partial charge < -0.3 is 10.2 Å². The number of amides is 2. The lowest BCUT2D eigenvalue weighted by Crippen LogP contribution is -2.54. The second-order valence-electron chi connectivity index (χ2n) is 11.0. The van der Waals surface area contributed by atoms with Crippen molar-refractivity contribution in [3.8, 4) is 0 Å². The van der Waals surface area contributed by atoms with E-state index >= 15 is 0 Å². The van der Waals surface area contributed by atoms with Crippen LogP contribution in [0.1, 0.15) is 44.7 Å². The van der Waals surface area contributed by atoms with Crippen LogP contribution in [0.15, 0.2) is 78.9 Å². The van der Waals surface area contributed by atoms with Gasteiger partial charge in [0.25, 0.3) is 0 Å². The fraction of sp³-hybridized carbons (Fsp3) is 0.355. The number of hydrogen-bond acceptors (Lipinski definition) is 4. The predicted molar refractivity (Wildman–Crippen MR) is 167 cm³/mol. The number of hydrogen-bond donors (Lipinski definition) is 1. The molecule has 41 heavy (non-hydrogen) atoms. The number of rotatable bonds is 12. The van der Waals surface area contributed by atoms with E-state index in [1.807, 2.05) is 63.2 Å². The van der Waals surface area contributed by atoms with Crippen LogP contribution in [0.25, 0.3) is 0 Å². The Kier molecular flexibility index (Phi) is 11.2. The van der Waals surface area contributed by atoms with Gasteiger partial charge >= 0.3 is 0 Å². The molecule has 0 saturated heterocycles. The number of halogens is 2. The van der Waals surface area contributed by atoms with Crippen LogP contribution in [-0.4, -0.2) is 49.5 Å². The van der Waals surface area contributed by atoms with Crippen molar-refractivity contribution >= 4 is 50.7 Å². The SMILES string of the molecule is CC(C)(C)NC(=O)[C@H](Cc1ccccc1)N(Cc1ccc(Cl)cc1)C(=O)CCCN(c1ccc(Cl)cc1)S(C)(=O)=O. The predicted octanol–water partition coefficient (Wildman–Crippen LogP) is 6.09. The van der Waals surface area contributed by atoms with Crippen LogP contribution in [0, 0.1) is 0 Å². The van der Waals surface area contributed by atoms with Crippen LogP contribution in [0.3, 0.4) is 0 Å². The summed E-state index contributed by atoms with van der Waals surface area (Å²) >= 11 is 12.1. The first-order chi connectivity index (χ1) is 19.2. The van der Waals surface area contributed by atoms with Gasteiger partial charge in [-0.25, -0.2) is 8.42 Å². The molecule has 0 aliphatic rings. The minimum absolute atomic E-state index is 0.0429. The Labute approximate surface area is 253 Å². The van der Waals surface area contributed by atoms with Gasteiger partial charge in [-0.2, -0.15) is 0 Å². The van der Waals surface area contributed by atoms with E-state index < -0.39 is 21.6 Å². The van der Waals surface area contributed by atoms with Crippen LogP contribution in [0.4, 0.5) is 5.69 Å². The van der Waals surface area contributed by atoms with Crippen LogP contribution in [0.5, 0.6) is 0 Å². The smallest absolute Gasteiger partial charge is 0.243 e. The molecule has 10 heteroatoms. The molecule has 0 bridgehead atoms. The zero-order valence-electron chi connectivity index (χ0n) is 23.8. The van der Waals surface area contributed by atoms with Crippen LogP contribution in [-0.2, 0) is 32.6 Å². The molecule has 0 heterocycles. The van der Waals surface area contributed by atoms with E-state index in [1.165, 1.54) is 4.31 Å². The molecule has 1 N–H and O–H groups in total. The second-order valence-corrected chi connectivity index (χ2v) is 13.8. The first kappa shape index (κ1) is 32.4. The lowest BCUT2D eigenvalue weighted by molar-refractivity contribution is -0.142. The summed E-state index contributed by atoms with van der Waals surface area (Å²) in [5, 5.41) is 4.10. The molecule has 0 aliphatic heterocycles. The molecule has 3 aromatic carbocycles. The summed E-state index contributed by atoms with van der Waals surface area (Å²) in [4.78, 5) is 29.1. The Morgan fingerprint density at radius 2 is 1.41 bits per heavy atom. The molecule has 0 radical (unpaired) electrons. The second kappa shape index (κ2) is 14.2. The van der Waals surface area contributed by atoms with E-state index in [4.69, 9.17) is 23.2 Å². The minimum atomic E-state index is -3.60. The lowest BCUT2D eigenvalue weighted by Gasteiger charge is -2.34. The highest BCUT2D eigenvalue weighted by Crippen LogP contribution is 2.22. The Balaban J connectivity index is 1.89. The summed E-state index contributed by atoms with van der Waals surface area (Å²) in [7, 11) is -3.60. The van der Waals surface area contributed by atoms with Crippen molar-refractivity contribution < 1.29 is 18.0 Å². The average Bonchev–Trinajstić information content (AvgIpc) is 2.89. The number of sulfonamides is 1. The first-order valence-electron chi connectivity index (χ1n) is 13.4. The molecule has 220 valence electrons. The maximum Gasteiger partial charge on any atom is 0.243 e. The monoisotopic (exact) mass is 617 g/mol. The molecule has 7 nitrogen and oxygen atoms in total. The minimum Gasteiger partial charge on any atom is -0.350 e. The fourth-order valence-electron chi connectivity index (χ4n) is 4.40. The van der Waals surface area contributed by atoms with Gasteiger partial charge in [0.2, 0.25) is 21.8 Å². The molecule has 0 unspecified atom stereocenters. The van der Waals surface area contributed by atoms with E-state index in [9.17, 15) is 18.0 Å². The van der Waals surface area contributed by atoms with E-state index in [0.29, 0.717) is 22.2 Å². The van der Waals surface area contributed by atoms with Gasteiger partial charge in [0.1, 0.15) is 6.04 Å². The standard InChI is InChI=1S/C31H37Cl2N3O4S/c1-31(2,3)34-30(38)28(21-23-9-6-5-7-10-23)35(22-24-12-14-25(32)15-13-24)29(37)11-8-20-36(41(4,39)40)27-18-16-26(33)17-19-27/h5-7,9-10,12-19,28H,8,11,20-22H2,1-4H3,(H,34,38)/t28-/m0/s1. The molecule has 0 aromatic heterocycles. The topological polar surface area (TPSA) is 86.8 Å². The lowest BCUT2D eigenvalue weighted by atomic mass is 10.00. The molecule has 0 fully saturated rings. The first-order valence-corrected chi connectivity index (χ1v) is 16.0. The van der Waals surface area contributed by atoms with Crippen LogP contribution in [0.2, 0.25) is 10.0 Å². The van der Waals surface area contributed by atoms with Gasteiger partial charge in [-0.05, 0) is 74.7 Å². The molecule has 3 rings (SSSR count). The highest BCUT2D eigenvalue weighted by molar-refractivity contribution is 7.92. The molecule has 0 aliphatic carbocycles. The van der Waals surface area contributed by atoms with Crippen molar-refractivity contribution in [1.82, 2.24) is 10.2 Å². The molecule has 2 amide bonds. The quantitative estimate of drug-likeness (QED) is 0.266. The Hall–Kier alpha value is -3.07. The Morgan fingerprint density at radius 3 is 1.95 bits per heavy atom. The number of carbonyl (C=O) groups excluding carboxylic acids is 2. The van der Waals surface area contributed by atoms with E-state index in [2.05, 4.69) is 5.32 Å². The Morgan fingerprint density at radius 1 is 0.854 bits per heavy atom. The zero-order valence-corrected chi connectivity index (χ0v) is 26.1. The number of carbonyl (C=O) groups is 2. The number of nitrogens with zero attached hydrogens (tertiary/aromatic N) is 2. The third kappa shape index (κ3) is 10.4. The normalized spacial score (nSPS) is 12.4. The summed E-state index contributed by atoms with van der Waals surface area (Å²) in [6.07, 6.45) is 1.75. The average molecular weight is 619 g/mol. The molecular formula is C31H37Cl2N3O4S. The van der Waals surface area contributed by atoms with E-state index in [1.54, 1.807) is 41.3 Å². The van der Waals surface area contributed by atoms with E-state index in [-0.39, 0.29) is 37.7 Å². The van der Waals surface area contributed by atoms with Crippen LogP contribution >= 0.6 is 23.2 Å². The highest BCUT2D eigenvalue weighted by atomic mass is 35.5. The maximum absolute atomic E-state index is 13.9.